The van der Waals surface area contributed by atoms with Crippen molar-refractivity contribution in [3.8, 4) is 0 Å². The molecule has 1 aromatic heterocycles. The van der Waals surface area contributed by atoms with Crippen molar-refractivity contribution in [3.05, 3.63) is 64.0 Å². The van der Waals surface area contributed by atoms with Crippen molar-refractivity contribution in [1.29, 1.82) is 0 Å². The summed E-state index contributed by atoms with van der Waals surface area (Å²) in [5, 5.41) is 17.4. The van der Waals surface area contributed by atoms with Crippen LogP contribution in [0.4, 0.5) is 11.4 Å². The van der Waals surface area contributed by atoms with Crippen LogP contribution < -0.4 is 10.6 Å². The van der Waals surface area contributed by atoms with E-state index >= 15 is 0 Å². The number of methoxy groups -OCH3 is 1. The van der Waals surface area contributed by atoms with Gasteiger partial charge in [0.1, 0.15) is 5.69 Å². The van der Waals surface area contributed by atoms with Gasteiger partial charge in [-0.2, -0.15) is 0 Å². The number of hydrogen-bond donors (Lipinski definition) is 2. The number of nitro benzene ring substituents is 1. The van der Waals surface area contributed by atoms with Gasteiger partial charge in [-0.15, -0.1) is 0 Å². The molecule has 9 heteroatoms. The van der Waals surface area contributed by atoms with Crippen LogP contribution in [-0.2, 0) is 11.3 Å². The highest BCUT2D eigenvalue weighted by Crippen LogP contribution is 2.25. The summed E-state index contributed by atoms with van der Waals surface area (Å²) in [5.41, 5.74) is 1.57. The molecule has 0 radical (unpaired) electrons. The standard InChI is InChI=1S/C21H27N5O4/c1-30-13-10-23-19-6-5-16(14-20(19)26(28)29)21(27)24-17-7-11-25(12-8-17)15-18-4-2-3-9-22-18/h2-6,9,14,17,23H,7-8,10-13,15H2,1H3,(H,24,27). The second kappa shape index (κ2) is 10.7. The highest BCUT2D eigenvalue weighted by molar-refractivity contribution is 5.95. The van der Waals surface area contributed by atoms with Gasteiger partial charge in [-0.25, -0.2) is 0 Å². The summed E-state index contributed by atoms with van der Waals surface area (Å²) in [6.45, 7) is 3.40. The van der Waals surface area contributed by atoms with E-state index in [4.69, 9.17) is 4.74 Å². The Balaban J connectivity index is 1.54. The minimum absolute atomic E-state index is 0.0519. The first kappa shape index (κ1) is 21.7. The van der Waals surface area contributed by atoms with Crippen LogP contribution in [0.2, 0.25) is 0 Å². The number of carbonyl (C=O) groups is 1. The number of nitro groups is 1. The molecule has 2 aromatic rings. The lowest BCUT2D eigenvalue weighted by molar-refractivity contribution is -0.384. The molecule has 3 rings (SSSR count). The van der Waals surface area contributed by atoms with Gasteiger partial charge in [0, 0.05) is 57.2 Å². The van der Waals surface area contributed by atoms with Crippen molar-refractivity contribution < 1.29 is 14.5 Å². The maximum atomic E-state index is 12.6. The average Bonchev–Trinajstić information content (AvgIpc) is 2.76. The first-order valence-corrected chi connectivity index (χ1v) is 10.0. The third-order valence-corrected chi connectivity index (χ3v) is 5.11. The number of hydrogen-bond acceptors (Lipinski definition) is 7. The molecule has 0 spiro atoms. The number of ether oxygens (including phenoxy) is 1. The van der Waals surface area contributed by atoms with Crippen LogP contribution in [0.25, 0.3) is 0 Å². The van der Waals surface area contributed by atoms with Crippen molar-refractivity contribution in [2.45, 2.75) is 25.4 Å². The Morgan fingerprint density at radius 2 is 2.10 bits per heavy atom. The van der Waals surface area contributed by atoms with Crippen molar-refractivity contribution >= 4 is 17.3 Å². The molecule has 1 aromatic carbocycles. The maximum absolute atomic E-state index is 12.6. The third kappa shape index (κ3) is 5.98. The van der Waals surface area contributed by atoms with E-state index in [2.05, 4.69) is 20.5 Å². The number of amides is 1. The Labute approximate surface area is 175 Å². The fraction of sp³-hybridized carbons (Fsp3) is 0.429. The summed E-state index contributed by atoms with van der Waals surface area (Å²) in [4.78, 5) is 30.2. The predicted octanol–water partition coefficient (Wildman–Crippen LogP) is 2.44. The van der Waals surface area contributed by atoms with E-state index in [9.17, 15) is 14.9 Å². The SMILES string of the molecule is COCCNc1ccc(C(=O)NC2CCN(Cc3ccccn3)CC2)cc1[N+](=O)[O-]. The Morgan fingerprint density at radius 3 is 2.77 bits per heavy atom. The van der Waals surface area contributed by atoms with E-state index in [0.717, 1.165) is 38.2 Å². The molecule has 1 amide bonds. The lowest BCUT2D eigenvalue weighted by atomic mass is 10.0. The number of carbonyl (C=O) groups excluding carboxylic acids is 1. The molecule has 1 fully saturated rings. The number of benzene rings is 1. The van der Waals surface area contributed by atoms with E-state index in [1.165, 1.54) is 6.07 Å². The lowest BCUT2D eigenvalue weighted by Crippen LogP contribution is -2.44. The number of nitrogens with zero attached hydrogens (tertiary/aromatic N) is 3. The van der Waals surface area contributed by atoms with E-state index in [0.29, 0.717) is 18.8 Å². The van der Waals surface area contributed by atoms with Crippen LogP contribution in [0.15, 0.2) is 42.6 Å². The minimum Gasteiger partial charge on any atom is -0.383 e. The smallest absolute Gasteiger partial charge is 0.293 e. The summed E-state index contributed by atoms with van der Waals surface area (Å²) >= 11 is 0. The van der Waals surface area contributed by atoms with Gasteiger partial charge in [0.25, 0.3) is 11.6 Å². The molecule has 1 aliphatic heterocycles. The number of pyridine rings is 1. The molecule has 160 valence electrons. The molecule has 30 heavy (non-hydrogen) atoms. The second-order valence-electron chi connectivity index (χ2n) is 7.25. The van der Waals surface area contributed by atoms with Crippen molar-refractivity contribution in [2.24, 2.45) is 0 Å². The zero-order valence-corrected chi connectivity index (χ0v) is 17.0. The monoisotopic (exact) mass is 413 g/mol. The van der Waals surface area contributed by atoms with Gasteiger partial charge in [-0.1, -0.05) is 6.07 Å². The third-order valence-electron chi connectivity index (χ3n) is 5.11. The molecule has 1 saturated heterocycles. The zero-order chi connectivity index (χ0) is 21.3. The van der Waals surface area contributed by atoms with Crippen LogP contribution in [0.3, 0.4) is 0 Å². The van der Waals surface area contributed by atoms with Crippen LogP contribution >= 0.6 is 0 Å². The fourth-order valence-electron chi connectivity index (χ4n) is 3.49. The fourth-order valence-corrected chi connectivity index (χ4v) is 3.49. The molecule has 1 aliphatic rings. The molecule has 9 nitrogen and oxygen atoms in total. The van der Waals surface area contributed by atoms with Gasteiger partial charge in [0.15, 0.2) is 0 Å². The molecule has 0 atom stereocenters. The van der Waals surface area contributed by atoms with Crippen molar-refractivity contribution in [1.82, 2.24) is 15.2 Å². The molecule has 2 heterocycles. The lowest BCUT2D eigenvalue weighted by Gasteiger charge is -2.32. The average molecular weight is 413 g/mol. The molecular weight excluding hydrogens is 386 g/mol. The zero-order valence-electron chi connectivity index (χ0n) is 17.0. The highest BCUT2D eigenvalue weighted by atomic mass is 16.6. The molecule has 0 unspecified atom stereocenters. The number of likely N-dealkylation sites (tertiary alicyclic amines) is 1. The van der Waals surface area contributed by atoms with Gasteiger partial charge in [0.05, 0.1) is 17.2 Å². The van der Waals surface area contributed by atoms with E-state index in [1.54, 1.807) is 25.4 Å². The van der Waals surface area contributed by atoms with E-state index in [-0.39, 0.29) is 23.2 Å². The number of aromatic nitrogens is 1. The number of anilines is 1. The molecule has 2 N–H and O–H groups in total. The first-order chi connectivity index (χ1) is 14.6. The highest BCUT2D eigenvalue weighted by Gasteiger charge is 2.23. The van der Waals surface area contributed by atoms with Gasteiger partial charge in [-0.3, -0.25) is 24.8 Å². The number of rotatable bonds is 9. The van der Waals surface area contributed by atoms with Gasteiger partial charge in [-0.05, 0) is 37.1 Å². The van der Waals surface area contributed by atoms with Crippen LogP contribution in [0.5, 0.6) is 0 Å². The Bertz CT molecular complexity index is 854. The predicted molar refractivity (Wildman–Crippen MR) is 113 cm³/mol. The maximum Gasteiger partial charge on any atom is 0.293 e. The first-order valence-electron chi connectivity index (χ1n) is 10.0. The van der Waals surface area contributed by atoms with E-state index in [1.807, 2.05) is 18.2 Å². The summed E-state index contributed by atoms with van der Waals surface area (Å²) in [6.07, 6.45) is 3.45. The largest absolute Gasteiger partial charge is 0.383 e. The number of piperidine rings is 1. The topological polar surface area (TPSA) is 110 Å². The van der Waals surface area contributed by atoms with Gasteiger partial charge < -0.3 is 15.4 Å². The molecule has 0 aliphatic carbocycles. The van der Waals surface area contributed by atoms with Crippen LogP contribution in [0.1, 0.15) is 28.9 Å². The normalized spacial score (nSPS) is 15.0. The molecule has 0 saturated carbocycles. The quantitative estimate of drug-likeness (QED) is 0.369. The van der Waals surface area contributed by atoms with Crippen molar-refractivity contribution in [2.75, 3.05) is 38.7 Å². The Morgan fingerprint density at radius 1 is 1.30 bits per heavy atom. The van der Waals surface area contributed by atoms with Gasteiger partial charge in [0.2, 0.25) is 0 Å². The minimum atomic E-state index is -0.484. The summed E-state index contributed by atoms with van der Waals surface area (Å²) in [5.74, 6) is -0.287. The van der Waals surface area contributed by atoms with Crippen molar-refractivity contribution in [3.63, 3.8) is 0 Å². The van der Waals surface area contributed by atoms with Gasteiger partial charge >= 0.3 is 0 Å². The second-order valence-corrected chi connectivity index (χ2v) is 7.25. The summed E-state index contributed by atoms with van der Waals surface area (Å²) in [6, 6.07) is 10.4. The summed E-state index contributed by atoms with van der Waals surface area (Å²) in [7, 11) is 1.56. The van der Waals surface area contributed by atoms with Crippen LogP contribution in [0, 0.1) is 10.1 Å². The number of nitrogens with one attached hydrogen (secondary N) is 2. The molecule has 0 bridgehead atoms. The molecular formula is C21H27N5O4. The Hall–Kier alpha value is -3.04. The Kier molecular flexibility index (Phi) is 7.69. The van der Waals surface area contributed by atoms with E-state index < -0.39 is 4.92 Å². The summed E-state index contributed by atoms with van der Waals surface area (Å²) < 4.78 is 4.95. The van der Waals surface area contributed by atoms with Crippen LogP contribution in [-0.4, -0.2) is 60.1 Å².